The molecule has 0 aliphatic carbocycles. The number of cyclic esters (lactones) is 1. The smallest absolute Gasteiger partial charge is 0.415 e. The van der Waals surface area contributed by atoms with Crippen molar-refractivity contribution in [3.8, 4) is 11.8 Å². The maximum Gasteiger partial charge on any atom is 0.415 e. The molecule has 1 unspecified atom stereocenters. The Kier molecular flexibility index (Phi) is 29.5. The zero-order chi connectivity index (χ0) is 76.4. The third kappa shape index (κ3) is 24.2. The average molecular weight is 1470 g/mol. The van der Waals surface area contributed by atoms with E-state index in [4.69, 9.17) is 10.00 Å². The summed E-state index contributed by atoms with van der Waals surface area (Å²) in [6, 6.07) is 64.2. The molecule has 562 valence electrons. The van der Waals surface area contributed by atoms with Crippen LogP contribution in [-0.2, 0) is 35.7 Å². The monoisotopic (exact) mass is 1470 g/mol. The highest BCUT2D eigenvalue weighted by Crippen LogP contribution is 2.41. The molecule has 0 radical (unpaired) electrons. The molecule has 5 saturated heterocycles. The normalized spacial score (nSPS) is 22.3. The first-order valence-corrected chi connectivity index (χ1v) is 40.3. The van der Waals surface area contributed by atoms with E-state index < -0.39 is 19.2 Å². The van der Waals surface area contributed by atoms with Gasteiger partial charge in [0, 0.05) is 131 Å². The number of amides is 1. The number of benzene rings is 7. The minimum absolute atomic E-state index is 0.0486. The van der Waals surface area contributed by atoms with Crippen molar-refractivity contribution in [1.29, 1.82) is 10.5 Å². The van der Waals surface area contributed by atoms with Gasteiger partial charge in [-0.05, 0) is 143 Å². The summed E-state index contributed by atoms with van der Waals surface area (Å²) in [5, 5.41) is 34.6. The van der Waals surface area contributed by atoms with Gasteiger partial charge in [-0.2, -0.15) is 5.26 Å². The Morgan fingerprint density at radius 3 is 1.38 bits per heavy atom. The highest BCUT2D eigenvalue weighted by molar-refractivity contribution is 6.83. The number of anilines is 3. The molecule has 107 heavy (non-hydrogen) atoms. The molecule has 0 saturated carbocycles. The summed E-state index contributed by atoms with van der Waals surface area (Å²) in [5.41, 5.74) is 8.01. The average Bonchev–Trinajstić information content (AvgIpc) is 1.65. The summed E-state index contributed by atoms with van der Waals surface area (Å²) in [5.74, 6) is -0.482. The van der Waals surface area contributed by atoms with Crippen LogP contribution in [0.2, 0.25) is 19.6 Å². The Bertz CT molecular complexity index is 4270. The molecule has 7 heterocycles. The van der Waals surface area contributed by atoms with Gasteiger partial charge in [-0.1, -0.05) is 159 Å². The molecule has 1 spiro atoms. The van der Waals surface area contributed by atoms with E-state index in [1.165, 1.54) is 80.4 Å². The number of piperidine rings is 4. The van der Waals surface area contributed by atoms with Crippen molar-refractivity contribution >= 4 is 43.0 Å². The van der Waals surface area contributed by atoms with Crippen LogP contribution in [0.4, 0.5) is 39.8 Å². The van der Waals surface area contributed by atoms with E-state index >= 15 is 0 Å². The van der Waals surface area contributed by atoms with Crippen LogP contribution in [0.1, 0.15) is 101 Å². The van der Waals surface area contributed by atoms with E-state index in [0.717, 1.165) is 96.6 Å². The van der Waals surface area contributed by atoms with Crippen LogP contribution < -0.4 is 15.5 Å². The molecule has 7 atom stereocenters. The van der Waals surface area contributed by atoms with Crippen LogP contribution in [0.3, 0.4) is 0 Å². The molecule has 9 aromatic rings. The molecule has 7 aromatic carbocycles. The lowest BCUT2D eigenvalue weighted by molar-refractivity contribution is -0.123. The van der Waals surface area contributed by atoms with Gasteiger partial charge < -0.3 is 20.5 Å². The lowest BCUT2D eigenvalue weighted by Gasteiger charge is -2.46. The minimum Gasteiger partial charge on any atom is -0.447 e. The Morgan fingerprint density at radius 2 is 0.981 bits per heavy atom. The van der Waals surface area contributed by atoms with Gasteiger partial charge in [0.05, 0.1) is 29.4 Å². The Balaban J connectivity index is 0.000000155. The summed E-state index contributed by atoms with van der Waals surface area (Å²) in [6.45, 7) is 22.4. The van der Waals surface area contributed by atoms with Crippen molar-refractivity contribution < 1.29 is 37.4 Å². The van der Waals surface area contributed by atoms with Crippen LogP contribution in [-0.4, -0.2) is 150 Å². The van der Waals surface area contributed by atoms with Crippen LogP contribution >= 0.6 is 0 Å². The van der Waals surface area contributed by atoms with E-state index in [2.05, 4.69) is 177 Å². The summed E-state index contributed by atoms with van der Waals surface area (Å²) < 4.78 is 48.7. The number of hydrogen-bond acceptors (Lipinski definition) is 15. The predicted octanol–water partition coefficient (Wildman–Crippen LogP) is 16.3. The van der Waals surface area contributed by atoms with Gasteiger partial charge in [-0.3, -0.25) is 38.4 Å². The van der Waals surface area contributed by atoms with Crippen LogP contribution in [0.25, 0.3) is 0 Å². The molecule has 5 aliphatic heterocycles. The first kappa shape index (κ1) is 81.0. The summed E-state index contributed by atoms with van der Waals surface area (Å²) in [6.07, 6.45) is 14.9. The number of Topliss-reactive ketones (excluding diaryl/α,β-unsaturated/α-hetero) is 1. The highest BCUT2D eigenvalue weighted by atomic mass is 28.3. The zero-order valence-electron chi connectivity index (χ0n) is 62.6. The number of ether oxygens (including phenoxy) is 1. The largest absolute Gasteiger partial charge is 0.447 e. The Hall–Kier alpha value is -10.0. The fourth-order valence-corrected chi connectivity index (χ4v) is 14.3. The third-order valence-electron chi connectivity index (χ3n) is 20.1. The number of halogens is 3. The molecule has 2 aromatic heterocycles. The molecule has 3 N–H and O–H groups in total. The van der Waals surface area contributed by atoms with Gasteiger partial charge in [0.15, 0.2) is 8.07 Å². The van der Waals surface area contributed by atoms with Crippen LogP contribution in [0.5, 0.6) is 0 Å². The number of aromatic nitrogens is 4. The predicted molar refractivity (Wildman–Crippen MR) is 418 cm³/mol. The van der Waals surface area contributed by atoms with Crippen LogP contribution in [0.15, 0.2) is 232 Å². The molecule has 5 fully saturated rings. The van der Waals surface area contributed by atoms with Crippen molar-refractivity contribution in [2.24, 2.45) is 0 Å². The van der Waals surface area contributed by atoms with Gasteiger partial charge in [0.25, 0.3) is 0 Å². The van der Waals surface area contributed by atoms with E-state index in [1.807, 2.05) is 56.0 Å². The first-order valence-electron chi connectivity index (χ1n) is 36.8. The molecule has 5 aliphatic rings. The number of carbonyl (C=O) groups is 3. The number of carbonyl (C=O) groups excluding carboxylic acids is 3. The topological polar surface area (TPSA) is 204 Å². The second-order valence-electron chi connectivity index (χ2n) is 29.7. The van der Waals surface area contributed by atoms with Gasteiger partial charge in [0.1, 0.15) is 48.0 Å². The van der Waals surface area contributed by atoms with Crippen molar-refractivity contribution in [3.05, 3.63) is 271 Å². The minimum atomic E-state index is -1.33. The third-order valence-corrected chi connectivity index (χ3v) is 20.8. The fraction of sp³-hybridized carbons (Fsp3) is 0.376. The van der Waals surface area contributed by atoms with Gasteiger partial charge >= 0.3 is 12.1 Å². The number of aliphatic hydroxyl groups is 1. The molecular formula is C85H102F3N13O5Si. The van der Waals surface area contributed by atoms with Crippen molar-refractivity contribution in [3.63, 3.8) is 0 Å². The Labute approximate surface area is 630 Å². The van der Waals surface area contributed by atoms with E-state index in [-0.39, 0.29) is 47.8 Å². The number of nitrogens with one attached hydrogen (secondary N) is 2. The second kappa shape index (κ2) is 39.0. The van der Waals surface area contributed by atoms with Crippen molar-refractivity contribution in [2.75, 3.05) is 54.9 Å². The van der Waals surface area contributed by atoms with E-state index in [9.17, 15) is 37.9 Å². The number of ketones is 1. The molecule has 14 rings (SSSR count). The van der Waals surface area contributed by atoms with Crippen LogP contribution in [0, 0.1) is 39.7 Å². The molecule has 1 amide bonds. The molecule has 18 nitrogen and oxygen atoms in total. The maximum atomic E-state index is 13.7. The summed E-state index contributed by atoms with van der Waals surface area (Å²) in [4.78, 5) is 53.9. The molecule has 22 heteroatoms. The van der Waals surface area contributed by atoms with Crippen molar-refractivity contribution in [2.45, 2.75) is 166 Å². The standard InChI is InChI=1S/C21H23FN2O2.C20H22FN3.C20H25FN2O.C13H17NO.C7H6N4O.C4H9NSi/c1-16-13-21(10-11-23(16)14-17-6-3-2-4-7-17)15-26-20(25)24(21)19-9-5-8-18(22)12-19;1-16-13-20(15-22,23-19-9-5-8-18(21)12-19)10-11-24(16)14-17-6-3-2-4-7-17;1-16-13-20(15-24,22-19-9-5-8-18(21)12-19)10-11-23(16)14-17-6-3-2-4-7-17;1-11-9-13(15)7-8-14(11)10-12-5-3-2-4-6-12;12-7(10-3-1-8-5-10)11-4-2-9-6-11;1-6(2,3)4-5/h2-9,12,16H,10-11,13-15H2,1H3;2-9,12,16,23H,10-11,13-14H2,1H3;2-9,12,16,22,24H,10-11,13-15H2,1H3;2-6,11H,7-10H2,1H3;1-6H;1-3H3/t16-,21+;2*16-,20+;;;/m000.../s1. The maximum absolute atomic E-state index is 13.7. The SMILES string of the molecule is CC1CC(=O)CCN1Cc1ccccc1.C[C@H]1C[C@](C#N)(Nc2cccc(F)c2)CCN1Cc1ccccc1.C[C@H]1C[C@](CO)(Nc2cccc(F)c2)CCN1Cc1ccccc1.C[C@H]1C[C@]2(CCN1Cc1ccccc1)COC(=O)N2c1cccc(F)c1.C[Si](C)(C)C#N.O=C(n1ccnc1)n1ccnc1. The zero-order valence-corrected chi connectivity index (χ0v) is 63.6. The highest BCUT2D eigenvalue weighted by Gasteiger charge is 2.52. The Morgan fingerprint density at radius 1 is 0.551 bits per heavy atom. The lowest BCUT2D eigenvalue weighted by Crippen LogP contribution is -2.57. The number of aliphatic hydroxyl groups excluding tert-OH is 1. The fourth-order valence-electron chi connectivity index (χ4n) is 14.3. The summed E-state index contributed by atoms with van der Waals surface area (Å²) in [7, 11) is -1.33. The first-order chi connectivity index (χ1) is 51.5. The second-order valence-corrected chi connectivity index (χ2v) is 34.4. The van der Waals surface area contributed by atoms with Gasteiger partial charge in [-0.15, -0.1) is 0 Å². The summed E-state index contributed by atoms with van der Waals surface area (Å²) >= 11 is 0. The number of likely N-dealkylation sites (tertiary alicyclic amines) is 4. The number of rotatable bonds is 14. The van der Waals surface area contributed by atoms with Gasteiger partial charge in [0.2, 0.25) is 0 Å². The molecule has 0 bridgehead atoms. The number of hydrogen-bond donors (Lipinski definition) is 3. The number of imidazole rings is 2. The van der Waals surface area contributed by atoms with E-state index in [1.54, 1.807) is 54.0 Å². The quantitative estimate of drug-likeness (QED) is 0.0867. The lowest BCUT2D eigenvalue weighted by atomic mass is 9.83. The molecular weight excluding hydrogens is 1370 g/mol. The van der Waals surface area contributed by atoms with Gasteiger partial charge in [-0.25, -0.2) is 38.0 Å². The van der Waals surface area contributed by atoms with E-state index in [0.29, 0.717) is 54.7 Å². The van der Waals surface area contributed by atoms with Crippen molar-refractivity contribution in [1.82, 2.24) is 38.7 Å². The number of nitrogens with zero attached hydrogens (tertiary/aromatic N) is 11. The number of nitriles is 2.